The highest BCUT2D eigenvalue weighted by atomic mass is 79.9. The van der Waals surface area contributed by atoms with E-state index in [0.717, 1.165) is 27.8 Å². The van der Waals surface area contributed by atoms with Crippen LogP contribution in [0.5, 0.6) is 0 Å². The maximum atomic E-state index is 4.78. The van der Waals surface area contributed by atoms with Crippen LogP contribution in [-0.4, -0.2) is 9.97 Å². The molecule has 1 unspecified atom stereocenters. The van der Waals surface area contributed by atoms with Crippen molar-refractivity contribution < 1.29 is 0 Å². The molecule has 2 N–H and O–H groups in total. The summed E-state index contributed by atoms with van der Waals surface area (Å²) in [7, 11) is 0. The Morgan fingerprint density at radius 2 is 2.10 bits per heavy atom. The van der Waals surface area contributed by atoms with E-state index < -0.39 is 0 Å². The highest BCUT2D eigenvalue weighted by Gasteiger charge is 2.24. The number of hydrogen-bond acceptors (Lipinski definition) is 2. The van der Waals surface area contributed by atoms with Crippen molar-refractivity contribution in [2.45, 2.75) is 19.4 Å². The zero-order chi connectivity index (χ0) is 13.7. The molecule has 1 aliphatic heterocycles. The van der Waals surface area contributed by atoms with Gasteiger partial charge in [0.1, 0.15) is 5.82 Å². The Hall–Kier alpha value is -1.81. The van der Waals surface area contributed by atoms with E-state index in [1.54, 1.807) is 0 Å². The summed E-state index contributed by atoms with van der Waals surface area (Å²) in [6, 6.07) is 12.9. The molecule has 4 rings (SSSR count). The molecule has 1 aromatic heterocycles. The quantitative estimate of drug-likeness (QED) is 0.697. The monoisotopic (exact) mass is 327 g/mol. The molecule has 2 aromatic carbocycles. The number of nitrogens with zero attached hydrogens (tertiary/aromatic N) is 1. The molecular formula is C16H14BrN3. The van der Waals surface area contributed by atoms with Gasteiger partial charge >= 0.3 is 0 Å². The number of H-pyrrole nitrogens is 1. The summed E-state index contributed by atoms with van der Waals surface area (Å²) in [6.45, 7) is 2.09. The Morgan fingerprint density at radius 1 is 1.25 bits per heavy atom. The second kappa shape index (κ2) is 4.35. The van der Waals surface area contributed by atoms with E-state index in [-0.39, 0.29) is 6.04 Å². The third kappa shape index (κ3) is 1.83. The first kappa shape index (κ1) is 12.0. The van der Waals surface area contributed by atoms with Gasteiger partial charge in [-0.1, -0.05) is 34.1 Å². The number of aromatic amines is 1. The van der Waals surface area contributed by atoms with E-state index in [4.69, 9.17) is 4.98 Å². The Bertz CT molecular complexity index is 782. The number of aromatic nitrogens is 2. The smallest absolute Gasteiger partial charge is 0.130 e. The normalized spacial score (nSPS) is 17.2. The van der Waals surface area contributed by atoms with Gasteiger partial charge in [-0.3, -0.25) is 0 Å². The predicted molar refractivity (Wildman–Crippen MR) is 85.0 cm³/mol. The van der Waals surface area contributed by atoms with Gasteiger partial charge in [0.2, 0.25) is 0 Å². The first-order valence-corrected chi connectivity index (χ1v) is 7.50. The van der Waals surface area contributed by atoms with Gasteiger partial charge in [-0.05, 0) is 36.2 Å². The van der Waals surface area contributed by atoms with Gasteiger partial charge in [-0.2, -0.15) is 0 Å². The maximum Gasteiger partial charge on any atom is 0.130 e. The number of nitrogens with one attached hydrogen (secondary N) is 2. The number of aryl methyl sites for hydroxylation is 1. The van der Waals surface area contributed by atoms with Crippen molar-refractivity contribution in [1.29, 1.82) is 0 Å². The lowest BCUT2D eigenvalue weighted by Crippen LogP contribution is -2.07. The molecule has 0 fully saturated rings. The van der Waals surface area contributed by atoms with Crippen LogP contribution in [0.4, 0.5) is 5.69 Å². The molecule has 3 aromatic rings. The molecule has 4 heteroatoms. The largest absolute Gasteiger partial charge is 0.375 e. The minimum Gasteiger partial charge on any atom is -0.375 e. The molecule has 20 heavy (non-hydrogen) atoms. The number of hydrogen-bond donors (Lipinski definition) is 2. The fraction of sp³-hybridized carbons (Fsp3) is 0.188. The molecule has 2 heterocycles. The first-order chi connectivity index (χ1) is 9.70. The molecular weight excluding hydrogens is 314 g/mol. The van der Waals surface area contributed by atoms with Gasteiger partial charge < -0.3 is 10.3 Å². The molecule has 100 valence electrons. The summed E-state index contributed by atoms with van der Waals surface area (Å²) in [5, 5.41) is 3.54. The number of para-hydroxylation sites is 1. The highest BCUT2D eigenvalue weighted by molar-refractivity contribution is 9.10. The Morgan fingerprint density at radius 3 is 2.95 bits per heavy atom. The van der Waals surface area contributed by atoms with Crippen molar-refractivity contribution in [3.8, 4) is 0 Å². The second-order valence-corrected chi connectivity index (χ2v) is 6.21. The standard InChI is InChI=1S/C16H14BrN3/c1-9-6-11(17)8-13-15(9)20-16(19-13)14-7-10-4-2-3-5-12(10)18-14/h2-6,8,14,18H,7H2,1H3,(H,19,20). The van der Waals surface area contributed by atoms with Gasteiger partial charge in [-0.25, -0.2) is 4.98 Å². The predicted octanol–water partition coefficient (Wildman–Crippen LogP) is 4.34. The Balaban J connectivity index is 1.76. The van der Waals surface area contributed by atoms with Crippen LogP contribution in [-0.2, 0) is 6.42 Å². The van der Waals surface area contributed by atoms with Gasteiger partial charge in [0.15, 0.2) is 0 Å². The molecule has 0 spiro atoms. The molecule has 0 saturated carbocycles. The van der Waals surface area contributed by atoms with Crippen molar-refractivity contribution in [3.05, 3.63) is 57.8 Å². The number of halogens is 1. The summed E-state index contributed by atoms with van der Waals surface area (Å²) >= 11 is 3.54. The molecule has 3 nitrogen and oxygen atoms in total. The lowest BCUT2D eigenvalue weighted by Gasteiger charge is -2.06. The maximum absolute atomic E-state index is 4.78. The van der Waals surface area contributed by atoms with Gasteiger partial charge in [-0.15, -0.1) is 0 Å². The van der Waals surface area contributed by atoms with Crippen LogP contribution < -0.4 is 5.32 Å². The second-order valence-electron chi connectivity index (χ2n) is 5.30. The van der Waals surface area contributed by atoms with Crippen molar-refractivity contribution in [2.24, 2.45) is 0 Å². The lowest BCUT2D eigenvalue weighted by atomic mass is 10.1. The van der Waals surface area contributed by atoms with Crippen LogP contribution in [0, 0.1) is 6.92 Å². The molecule has 1 atom stereocenters. The number of anilines is 1. The third-order valence-corrected chi connectivity index (χ3v) is 4.32. The number of fused-ring (bicyclic) bond motifs is 2. The summed E-state index contributed by atoms with van der Waals surface area (Å²) in [5.74, 6) is 1.01. The topological polar surface area (TPSA) is 40.7 Å². The van der Waals surface area contributed by atoms with Crippen molar-refractivity contribution in [3.63, 3.8) is 0 Å². The van der Waals surface area contributed by atoms with Crippen LogP contribution >= 0.6 is 15.9 Å². The minimum absolute atomic E-state index is 0.234. The van der Waals surface area contributed by atoms with Crippen LogP contribution in [0.2, 0.25) is 0 Å². The Labute approximate surface area is 125 Å². The number of benzene rings is 2. The Kier molecular flexibility index (Phi) is 2.60. The van der Waals surface area contributed by atoms with Crippen LogP contribution in [0.3, 0.4) is 0 Å². The van der Waals surface area contributed by atoms with Crippen LogP contribution in [0.1, 0.15) is 23.0 Å². The first-order valence-electron chi connectivity index (χ1n) is 6.71. The van der Waals surface area contributed by atoms with E-state index in [9.17, 15) is 0 Å². The average Bonchev–Trinajstić information content (AvgIpc) is 3.01. The van der Waals surface area contributed by atoms with E-state index in [1.807, 2.05) is 0 Å². The van der Waals surface area contributed by atoms with Crippen molar-refractivity contribution in [2.75, 3.05) is 5.32 Å². The summed E-state index contributed by atoms with van der Waals surface area (Å²) in [5.41, 5.74) is 5.91. The zero-order valence-corrected chi connectivity index (χ0v) is 12.7. The number of rotatable bonds is 1. The fourth-order valence-corrected chi connectivity index (χ4v) is 3.47. The summed E-state index contributed by atoms with van der Waals surface area (Å²) in [6.07, 6.45) is 0.982. The summed E-state index contributed by atoms with van der Waals surface area (Å²) in [4.78, 5) is 8.23. The van der Waals surface area contributed by atoms with Crippen LogP contribution in [0.25, 0.3) is 11.0 Å². The van der Waals surface area contributed by atoms with Gasteiger partial charge in [0.05, 0.1) is 17.1 Å². The summed E-state index contributed by atoms with van der Waals surface area (Å²) < 4.78 is 1.08. The molecule has 0 aliphatic carbocycles. The third-order valence-electron chi connectivity index (χ3n) is 3.86. The van der Waals surface area contributed by atoms with Crippen LogP contribution in [0.15, 0.2) is 40.9 Å². The van der Waals surface area contributed by atoms with Gasteiger partial charge in [0.25, 0.3) is 0 Å². The zero-order valence-electron chi connectivity index (χ0n) is 11.1. The molecule has 0 amide bonds. The lowest BCUT2D eigenvalue weighted by molar-refractivity contribution is 0.767. The number of imidazole rings is 1. The van der Waals surface area contributed by atoms with E-state index >= 15 is 0 Å². The molecule has 0 bridgehead atoms. The van der Waals surface area contributed by atoms with Crippen molar-refractivity contribution >= 4 is 32.7 Å². The van der Waals surface area contributed by atoms with E-state index in [2.05, 4.69) is 69.6 Å². The fourth-order valence-electron chi connectivity index (χ4n) is 2.89. The molecule has 1 aliphatic rings. The molecule has 0 saturated heterocycles. The minimum atomic E-state index is 0.234. The highest BCUT2D eigenvalue weighted by Crippen LogP contribution is 2.34. The SMILES string of the molecule is Cc1cc(Br)cc2[nH]c(C3Cc4ccccc4N3)nc12. The van der Waals surface area contributed by atoms with E-state index in [0.29, 0.717) is 0 Å². The average molecular weight is 328 g/mol. The van der Waals surface area contributed by atoms with E-state index in [1.165, 1.54) is 16.8 Å². The van der Waals surface area contributed by atoms with Gasteiger partial charge in [0, 0.05) is 16.6 Å². The molecule has 0 radical (unpaired) electrons. The van der Waals surface area contributed by atoms with Crippen molar-refractivity contribution in [1.82, 2.24) is 9.97 Å².